The van der Waals surface area contributed by atoms with Gasteiger partial charge in [-0.05, 0) is 37.0 Å². The number of alkyl halides is 2. The number of aliphatic hydroxyl groups is 1. The van der Waals surface area contributed by atoms with Crippen LogP contribution in [-0.2, 0) is 11.3 Å². The number of benzene rings is 2. The van der Waals surface area contributed by atoms with E-state index in [2.05, 4.69) is 15.2 Å². The number of H-pyrrole nitrogens is 1. The normalized spacial score (nSPS) is 21.7. The minimum Gasteiger partial charge on any atom is -0.437 e. The Kier molecular flexibility index (Phi) is 7.17. The average Bonchev–Trinajstić information content (AvgIpc) is 3.45. The minimum atomic E-state index is -2.81. The Morgan fingerprint density at radius 3 is 2.67 bits per heavy atom. The second kappa shape index (κ2) is 10.8. The first-order valence-corrected chi connectivity index (χ1v) is 14.0. The molecular weight excluding hydrogens is 546 g/mol. The number of nitrogens with two attached hydrogens (primary N) is 1. The van der Waals surface area contributed by atoms with Crippen molar-refractivity contribution in [1.82, 2.24) is 24.6 Å². The molecule has 4 aromatic rings. The zero-order valence-electron chi connectivity index (χ0n) is 22.9. The molecule has 1 amide bonds. The number of anilines is 1. The zero-order valence-corrected chi connectivity index (χ0v) is 22.9. The molecule has 0 spiro atoms. The molecule has 1 saturated heterocycles. The number of amides is 1. The van der Waals surface area contributed by atoms with Gasteiger partial charge in [0.2, 0.25) is 17.7 Å². The number of nitrogens with zero attached hydrogens (tertiary/aromatic N) is 4. The Morgan fingerprint density at radius 2 is 1.90 bits per heavy atom. The first kappa shape index (κ1) is 27.8. The van der Waals surface area contributed by atoms with Gasteiger partial charge in [-0.25, -0.2) is 13.8 Å². The highest BCUT2D eigenvalue weighted by Gasteiger charge is 2.46. The fourth-order valence-electron chi connectivity index (χ4n) is 6.11. The third-order valence-corrected chi connectivity index (χ3v) is 8.50. The third kappa shape index (κ3) is 5.58. The number of fused-ring (bicyclic) bond motifs is 1. The summed E-state index contributed by atoms with van der Waals surface area (Å²) in [6.07, 6.45) is 2.82. The van der Waals surface area contributed by atoms with Gasteiger partial charge < -0.3 is 20.5 Å². The summed E-state index contributed by atoms with van der Waals surface area (Å²) < 4.78 is 35.7. The molecule has 0 radical (unpaired) electrons. The number of aromatic nitrogens is 4. The summed E-state index contributed by atoms with van der Waals surface area (Å²) in [6.45, 7) is 0.436. The average molecular weight is 579 g/mol. The van der Waals surface area contributed by atoms with Gasteiger partial charge in [0.1, 0.15) is 12.1 Å². The number of hydrogen-bond acceptors (Lipinski definition) is 7. The lowest BCUT2D eigenvalue weighted by molar-refractivity contribution is -0.145. The van der Waals surface area contributed by atoms with Gasteiger partial charge >= 0.3 is 0 Å². The standard InChI is InChI=1S/C30H32F2N6O4/c31-30(32)9-8-22(23(15-30)19-4-2-1-3-5-19)27(39)37-12-10-29(41,11-13-37)17-38-18-34-26(25(33)28(38)40)42-21-7-6-20-16-35-36-24(20)14-21/h1-7,14,16,18,22-23,41H,8-13,15,17,33H2,(H,35,36)/t22-,23+/m1/s1. The van der Waals surface area contributed by atoms with Crippen LogP contribution in [0.15, 0.2) is 65.8 Å². The van der Waals surface area contributed by atoms with Crippen LogP contribution in [0.5, 0.6) is 11.6 Å². The molecule has 10 nitrogen and oxygen atoms in total. The molecule has 2 atom stereocenters. The van der Waals surface area contributed by atoms with Crippen molar-refractivity contribution in [3.05, 3.63) is 77.0 Å². The fraction of sp³-hybridized carbons (Fsp3) is 0.400. The van der Waals surface area contributed by atoms with E-state index in [1.807, 2.05) is 12.1 Å². The number of nitrogens with one attached hydrogen (secondary N) is 1. The second-order valence-electron chi connectivity index (χ2n) is 11.4. The van der Waals surface area contributed by atoms with E-state index in [0.717, 1.165) is 16.5 Å². The van der Waals surface area contributed by atoms with E-state index in [-0.39, 0.29) is 69.2 Å². The van der Waals surface area contributed by atoms with Crippen LogP contribution in [0.2, 0.25) is 0 Å². The number of hydrogen-bond donors (Lipinski definition) is 3. The highest BCUT2D eigenvalue weighted by Crippen LogP contribution is 2.46. The number of likely N-dealkylation sites (tertiary alicyclic amines) is 1. The van der Waals surface area contributed by atoms with Gasteiger partial charge in [0.05, 0.1) is 23.9 Å². The lowest BCUT2D eigenvalue weighted by Crippen LogP contribution is -2.52. The van der Waals surface area contributed by atoms with E-state index in [1.165, 1.54) is 10.9 Å². The second-order valence-corrected chi connectivity index (χ2v) is 11.4. The summed E-state index contributed by atoms with van der Waals surface area (Å²) in [5, 5.41) is 19.0. The van der Waals surface area contributed by atoms with E-state index in [4.69, 9.17) is 10.5 Å². The van der Waals surface area contributed by atoms with E-state index in [0.29, 0.717) is 5.75 Å². The van der Waals surface area contributed by atoms with Crippen LogP contribution >= 0.6 is 0 Å². The number of piperidine rings is 1. The Morgan fingerprint density at radius 1 is 1.14 bits per heavy atom. The third-order valence-electron chi connectivity index (χ3n) is 8.50. The maximum absolute atomic E-state index is 14.4. The molecule has 12 heteroatoms. The molecule has 0 unspecified atom stereocenters. The smallest absolute Gasteiger partial charge is 0.280 e. The summed E-state index contributed by atoms with van der Waals surface area (Å²) in [4.78, 5) is 32.5. The van der Waals surface area contributed by atoms with Gasteiger partial charge in [-0.3, -0.25) is 19.3 Å². The molecule has 6 rings (SSSR count). The van der Waals surface area contributed by atoms with E-state index < -0.39 is 28.9 Å². The topological polar surface area (TPSA) is 139 Å². The molecule has 1 aliphatic heterocycles. The van der Waals surface area contributed by atoms with Crippen LogP contribution in [0.1, 0.15) is 43.6 Å². The quantitative estimate of drug-likeness (QED) is 0.314. The van der Waals surface area contributed by atoms with Crippen molar-refractivity contribution in [3.8, 4) is 11.6 Å². The summed E-state index contributed by atoms with van der Waals surface area (Å²) in [5.74, 6) is -3.72. The van der Waals surface area contributed by atoms with Crippen LogP contribution in [0.3, 0.4) is 0 Å². The molecule has 3 heterocycles. The lowest BCUT2D eigenvalue weighted by atomic mass is 9.73. The van der Waals surface area contributed by atoms with E-state index in [1.54, 1.807) is 47.5 Å². The number of ether oxygens (including phenoxy) is 1. The Labute approximate surface area is 240 Å². The number of halogens is 2. The molecule has 2 fully saturated rings. The SMILES string of the molecule is Nc1c(Oc2ccc3cn[nH]c3c2)ncn(CC2(O)CCN(C(=O)[C@@H]3CCC(F)(F)C[C@H]3c3ccccc3)CC2)c1=O. The molecule has 1 saturated carbocycles. The number of rotatable bonds is 6. The van der Waals surface area contributed by atoms with Crippen LogP contribution in [0.4, 0.5) is 14.5 Å². The molecule has 0 bridgehead atoms. The monoisotopic (exact) mass is 578 g/mol. The van der Waals surface area contributed by atoms with Crippen LogP contribution < -0.4 is 16.0 Å². The van der Waals surface area contributed by atoms with Gasteiger partial charge in [-0.2, -0.15) is 5.10 Å². The molecular formula is C30H32F2N6O4. The maximum Gasteiger partial charge on any atom is 0.280 e. The maximum atomic E-state index is 14.4. The van der Waals surface area contributed by atoms with Gasteiger partial charge in [-0.15, -0.1) is 0 Å². The Bertz CT molecular complexity index is 1650. The van der Waals surface area contributed by atoms with E-state index >= 15 is 0 Å². The number of carbonyl (C=O) groups excluding carboxylic acids is 1. The van der Waals surface area contributed by atoms with Crippen molar-refractivity contribution in [2.45, 2.75) is 56.1 Å². The van der Waals surface area contributed by atoms with Gasteiger partial charge in [0.25, 0.3) is 5.56 Å². The minimum absolute atomic E-state index is 0.0476. The van der Waals surface area contributed by atoms with Gasteiger partial charge in [-0.1, -0.05) is 30.3 Å². The molecule has 2 aromatic carbocycles. The summed E-state index contributed by atoms with van der Waals surface area (Å²) in [7, 11) is 0. The first-order chi connectivity index (χ1) is 20.1. The van der Waals surface area contributed by atoms with Crippen molar-refractivity contribution in [2.24, 2.45) is 5.92 Å². The number of carbonyl (C=O) groups is 1. The molecule has 220 valence electrons. The Hall–Kier alpha value is -4.32. The summed E-state index contributed by atoms with van der Waals surface area (Å²) >= 11 is 0. The molecule has 4 N–H and O–H groups in total. The fourth-order valence-corrected chi connectivity index (χ4v) is 6.11. The Balaban J connectivity index is 1.11. The highest BCUT2D eigenvalue weighted by atomic mass is 19.3. The predicted molar refractivity (Wildman–Crippen MR) is 151 cm³/mol. The van der Waals surface area contributed by atoms with Crippen LogP contribution in [-0.4, -0.2) is 60.3 Å². The molecule has 2 aliphatic rings. The lowest BCUT2D eigenvalue weighted by Gasteiger charge is -2.42. The van der Waals surface area contributed by atoms with Gasteiger partial charge in [0.15, 0.2) is 5.69 Å². The summed E-state index contributed by atoms with van der Waals surface area (Å²) in [6, 6.07) is 14.3. The first-order valence-electron chi connectivity index (χ1n) is 14.0. The predicted octanol–water partition coefficient (Wildman–Crippen LogP) is 4.07. The number of aromatic amines is 1. The van der Waals surface area contributed by atoms with Crippen molar-refractivity contribution in [3.63, 3.8) is 0 Å². The molecule has 42 heavy (non-hydrogen) atoms. The molecule has 1 aliphatic carbocycles. The number of nitrogen functional groups attached to an aromatic ring is 1. The summed E-state index contributed by atoms with van der Waals surface area (Å²) in [5.41, 5.74) is 5.54. The van der Waals surface area contributed by atoms with E-state index in [9.17, 15) is 23.5 Å². The highest BCUT2D eigenvalue weighted by molar-refractivity contribution is 5.80. The zero-order chi connectivity index (χ0) is 29.5. The van der Waals surface area contributed by atoms with Gasteiger partial charge in [0, 0.05) is 49.2 Å². The van der Waals surface area contributed by atoms with Crippen molar-refractivity contribution >= 4 is 22.5 Å². The van der Waals surface area contributed by atoms with Crippen molar-refractivity contribution < 1.29 is 23.4 Å². The van der Waals surface area contributed by atoms with Crippen LogP contribution in [0.25, 0.3) is 10.9 Å². The van der Waals surface area contributed by atoms with Crippen molar-refractivity contribution in [2.75, 3.05) is 18.8 Å². The largest absolute Gasteiger partial charge is 0.437 e. The van der Waals surface area contributed by atoms with Crippen LogP contribution in [0, 0.1) is 5.92 Å². The molecule has 2 aromatic heterocycles. The van der Waals surface area contributed by atoms with Crippen molar-refractivity contribution in [1.29, 1.82) is 0 Å².